The van der Waals surface area contributed by atoms with Gasteiger partial charge in [0, 0.05) is 22.8 Å². The van der Waals surface area contributed by atoms with Gasteiger partial charge in [0.15, 0.2) is 0 Å². The Morgan fingerprint density at radius 1 is 0.378 bits per heavy atom. The molecule has 7 nitrogen and oxygen atoms in total. The second-order valence-electron chi connectivity index (χ2n) is 11.3. The van der Waals surface area contributed by atoms with Gasteiger partial charge in [0.25, 0.3) is 0 Å². The largest absolute Gasteiger partial charge is 0.369 e. The van der Waals surface area contributed by atoms with Crippen molar-refractivity contribution in [3.8, 4) is 0 Å². The molecule has 0 saturated heterocycles. The average molecular weight is 593 g/mol. The van der Waals surface area contributed by atoms with E-state index >= 15 is 0 Å². The predicted molar refractivity (Wildman–Crippen MR) is 175 cm³/mol. The quantitative estimate of drug-likeness (QED) is 0.164. The fraction of sp³-hybridized carbons (Fsp3) is 0.211. The molecule has 0 amide bonds. The lowest BCUT2D eigenvalue weighted by Crippen LogP contribution is -2.12. The molecule has 0 aromatic carbocycles. The first-order valence-electron chi connectivity index (χ1n) is 15.2. The van der Waals surface area contributed by atoms with Crippen LogP contribution in [-0.4, -0.2) is 29.9 Å². The molecule has 6 aromatic rings. The number of rotatable bonds is 10. The van der Waals surface area contributed by atoms with Crippen LogP contribution < -0.4 is 0 Å². The van der Waals surface area contributed by atoms with Crippen molar-refractivity contribution in [2.45, 2.75) is 52.7 Å². The van der Waals surface area contributed by atoms with Gasteiger partial charge in [0.05, 0.1) is 70.6 Å². The van der Waals surface area contributed by atoms with Crippen molar-refractivity contribution in [3.05, 3.63) is 178 Å². The summed E-state index contributed by atoms with van der Waals surface area (Å²) in [6.07, 6.45) is 0. The third-order valence-electron chi connectivity index (χ3n) is 7.57. The highest BCUT2D eigenvalue weighted by Crippen LogP contribution is 2.30. The number of aromatic nitrogens is 6. The van der Waals surface area contributed by atoms with Crippen LogP contribution in [0.3, 0.4) is 0 Å². The second-order valence-corrected chi connectivity index (χ2v) is 11.3. The molecular formula is C38H36N6O. The van der Waals surface area contributed by atoms with E-state index in [0.29, 0.717) is 13.2 Å². The molecule has 224 valence electrons. The number of pyridine rings is 6. The van der Waals surface area contributed by atoms with Crippen LogP contribution in [0.1, 0.15) is 80.2 Å². The number of aryl methyl sites for hydroxylation is 4. The van der Waals surface area contributed by atoms with Crippen LogP contribution in [0.15, 0.2) is 109 Å². The van der Waals surface area contributed by atoms with Gasteiger partial charge in [-0.2, -0.15) is 0 Å². The van der Waals surface area contributed by atoms with E-state index in [4.69, 9.17) is 34.6 Å². The Kier molecular flexibility index (Phi) is 9.08. The molecule has 7 heteroatoms. The van der Waals surface area contributed by atoms with Gasteiger partial charge >= 0.3 is 0 Å². The highest BCUT2D eigenvalue weighted by atomic mass is 16.5. The first-order valence-corrected chi connectivity index (χ1v) is 15.2. The molecule has 0 spiro atoms. The number of ether oxygens (including phenoxy) is 1. The van der Waals surface area contributed by atoms with Crippen molar-refractivity contribution in [3.63, 3.8) is 0 Å². The third kappa shape index (κ3) is 7.33. The van der Waals surface area contributed by atoms with Crippen molar-refractivity contribution in [1.82, 2.24) is 29.9 Å². The van der Waals surface area contributed by atoms with E-state index < -0.39 is 0 Å². The van der Waals surface area contributed by atoms with Gasteiger partial charge in [-0.15, -0.1) is 0 Å². The molecule has 0 atom stereocenters. The lowest BCUT2D eigenvalue weighted by atomic mass is 9.94. The lowest BCUT2D eigenvalue weighted by molar-refractivity contribution is 0.102. The fourth-order valence-electron chi connectivity index (χ4n) is 5.55. The van der Waals surface area contributed by atoms with E-state index in [2.05, 4.69) is 0 Å². The molecule has 0 fully saturated rings. The highest BCUT2D eigenvalue weighted by molar-refractivity contribution is 5.37. The van der Waals surface area contributed by atoms with Crippen LogP contribution in [0.25, 0.3) is 0 Å². The molecule has 6 aromatic heterocycles. The highest BCUT2D eigenvalue weighted by Gasteiger charge is 2.23. The Morgan fingerprint density at radius 3 is 0.933 bits per heavy atom. The summed E-state index contributed by atoms with van der Waals surface area (Å²) in [6, 6.07) is 36.4. The van der Waals surface area contributed by atoms with Crippen LogP contribution >= 0.6 is 0 Å². The lowest BCUT2D eigenvalue weighted by Gasteiger charge is -2.18. The van der Waals surface area contributed by atoms with Gasteiger partial charge in [-0.25, -0.2) is 0 Å². The van der Waals surface area contributed by atoms with E-state index in [9.17, 15) is 0 Å². The smallest absolute Gasteiger partial charge is 0.0893 e. The van der Waals surface area contributed by atoms with E-state index in [0.717, 1.165) is 68.3 Å². The van der Waals surface area contributed by atoms with Crippen LogP contribution in [0.2, 0.25) is 0 Å². The van der Waals surface area contributed by atoms with Crippen molar-refractivity contribution >= 4 is 0 Å². The SMILES string of the molecule is Cc1cccc(C(c2cccc(C)n2)c2cccc(COCc3cccc(C(c4cccc(C)n4)c4cccc(C)n4)n3)n2)n1. The maximum absolute atomic E-state index is 6.19. The maximum atomic E-state index is 6.19. The van der Waals surface area contributed by atoms with Crippen molar-refractivity contribution in [2.75, 3.05) is 0 Å². The molecule has 0 bridgehead atoms. The van der Waals surface area contributed by atoms with Crippen molar-refractivity contribution < 1.29 is 4.74 Å². The Balaban J connectivity index is 1.23. The van der Waals surface area contributed by atoms with Crippen LogP contribution in [-0.2, 0) is 18.0 Å². The zero-order chi connectivity index (χ0) is 31.2. The second kappa shape index (κ2) is 13.7. The minimum Gasteiger partial charge on any atom is -0.369 e. The molecule has 0 saturated carbocycles. The van der Waals surface area contributed by atoms with Gasteiger partial charge in [-0.05, 0) is 100 Å². The van der Waals surface area contributed by atoms with Crippen LogP contribution in [0, 0.1) is 27.7 Å². The molecule has 0 aliphatic rings. The summed E-state index contributed by atoms with van der Waals surface area (Å²) in [6.45, 7) is 8.70. The van der Waals surface area contributed by atoms with Gasteiger partial charge in [0.2, 0.25) is 0 Å². The molecule has 0 radical (unpaired) electrons. The summed E-state index contributed by atoms with van der Waals surface area (Å²) in [5.41, 5.74) is 10.9. The minimum atomic E-state index is -0.189. The van der Waals surface area contributed by atoms with Crippen molar-refractivity contribution in [1.29, 1.82) is 0 Å². The number of hydrogen-bond donors (Lipinski definition) is 0. The van der Waals surface area contributed by atoms with Crippen LogP contribution in [0.4, 0.5) is 0 Å². The molecule has 0 unspecified atom stereocenters. The van der Waals surface area contributed by atoms with Crippen LogP contribution in [0.5, 0.6) is 0 Å². The summed E-state index contributed by atoms with van der Waals surface area (Å²) in [5.74, 6) is -0.379. The summed E-state index contributed by atoms with van der Waals surface area (Å²) in [4.78, 5) is 29.4. The van der Waals surface area contributed by atoms with Gasteiger partial charge in [-0.1, -0.05) is 36.4 Å². The molecule has 45 heavy (non-hydrogen) atoms. The maximum Gasteiger partial charge on any atom is 0.0893 e. The Morgan fingerprint density at radius 2 is 0.644 bits per heavy atom. The predicted octanol–water partition coefficient (Wildman–Crippen LogP) is 7.37. The fourth-order valence-corrected chi connectivity index (χ4v) is 5.55. The van der Waals surface area contributed by atoms with E-state index in [1.54, 1.807) is 0 Å². The van der Waals surface area contributed by atoms with E-state index in [1.807, 2.05) is 137 Å². The summed E-state index contributed by atoms with van der Waals surface area (Å²) < 4.78 is 6.19. The van der Waals surface area contributed by atoms with Gasteiger partial charge in [-0.3, -0.25) is 29.9 Å². The third-order valence-corrected chi connectivity index (χ3v) is 7.57. The number of nitrogens with zero attached hydrogens (tertiary/aromatic N) is 6. The molecule has 6 rings (SSSR count). The monoisotopic (exact) mass is 592 g/mol. The van der Waals surface area contributed by atoms with E-state index in [1.165, 1.54) is 0 Å². The minimum absolute atomic E-state index is 0.189. The zero-order valence-electron chi connectivity index (χ0n) is 26.1. The molecule has 0 aliphatic heterocycles. The summed E-state index contributed by atoms with van der Waals surface area (Å²) >= 11 is 0. The zero-order valence-corrected chi connectivity index (χ0v) is 26.1. The molecular weight excluding hydrogens is 556 g/mol. The van der Waals surface area contributed by atoms with E-state index in [-0.39, 0.29) is 11.8 Å². The Hall–Kier alpha value is -5.14. The standard InChI is InChI=1S/C38H36N6O/c1-25-11-5-17-31(39-25)37(32-18-6-12-26(2)40-32)35-21-9-15-29(43-35)23-45-24-30-16-10-22-36(44-30)38(33-19-7-13-27(3)41-33)34-20-8-14-28(4)42-34/h5-22,37-38H,23-24H2,1-4H3. The van der Waals surface area contributed by atoms with Gasteiger partial charge < -0.3 is 4.74 Å². The molecule has 0 N–H and O–H groups in total. The summed E-state index contributed by atoms with van der Waals surface area (Å²) in [5, 5.41) is 0. The van der Waals surface area contributed by atoms with Gasteiger partial charge in [0.1, 0.15) is 0 Å². The topological polar surface area (TPSA) is 86.6 Å². The Bertz CT molecular complexity index is 1690. The summed E-state index contributed by atoms with van der Waals surface area (Å²) in [7, 11) is 0. The molecule has 6 heterocycles. The normalized spacial score (nSPS) is 11.3. The first-order chi connectivity index (χ1) is 21.9. The average Bonchev–Trinajstić information content (AvgIpc) is 3.02. The molecule has 0 aliphatic carbocycles. The van der Waals surface area contributed by atoms with Crippen molar-refractivity contribution in [2.24, 2.45) is 0 Å². The first kappa shape index (κ1) is 29.9. The number of hydrogen-bond acceptors (Lipinski definition) is 7. The Labute approximate surface area is 264 Å².